The van der Waals surface area contributed by atoms with Gasteiger partial charge in [-0.15, -0.1) is 0 Å². The van der Waals surface area contributed by atoms with Crippen molar-refractivity contribution in [3.05, 3.63) is 94.5 Å². The summed E-state index contributed by atoms with van der Waals surface area (Å²) in [5.41, 5.74) is 2.13. The molecule has 1 atom stereocenters. The van der Waals surface area contributed by atoms with Crippen molar-refractivity contribution in [3.8, 4) is 0 Å². The first-order valence-electron chi connectivity index (χ1n) is 10.7. The van der Waals surface area contributed by atoms with Crippen molar-refractivity contribution in [1.29, 1.82) is 0 Å². The molecule has 0 radical (unpaired) electrons. The third kappa shape index (κ3) is 4.55. The Balaban J connectivity index is 1.61. The van der Waals surface area contributed by atoms with Crippen LogP contribution < -0.4 is 0 Å². The Bertz CT molecular complexity index is 1110. The largest absolute Gasteiger partial charge is 0.348 e. The molecule has 0 N–H and O–H groups in total. The van der Waals surface area contributed by atoms with Crippen LogP contribution in [0.3, 0.4) is 0 Å². The van der Waals surface area contributed by atoms with E-state index < -0.39 is 6.04 Å². The summed E-state index contributed by atoms with van der Waals surface area (Å²) in [5, 5.41) is 0.550. The Labute approximate surface area is 192 Å². The van der Waals surface area contributed by atoms with E-state index >= 15 is 0 Å². The minimum Gasteiger partial charge on any atom is -0.348 e. The van der Waals surface area contributed by atoms with E-state index in [-0.39, 0.29) is 24.2 Å². The first-order chi connectivity index (χ1) is 15.5. The molecule has 4 rings (SSSR count). The lowest BCUT2D eigenvalue weighted by atomic mass is 9.99. The zero-order valence-corrected chi connectivity index (χ0v) is 18.6. The van der Waals surface area contributed by atoms with E-state index in [0.717, 1.165) is 12.1 Å². The smallest absolute Gasteiger partial charge is 0.254 e. The van der Waals surface area contributed by atoms with Crippen molar-refractivity contribution >= 4 is 23.4 Å². The van der Waals surface area contributed by atoms with Crippen LogP contribution in [0, 0.1) is 5.82 Å². The fourth-order valence-corrected chi connectivity index (χ4v) is 4.36. The van der Waals surface area contributed by atoms with E-state index in [4.69, 9.17) is 11.6 Å². The molecule has 7 heteroatoms. The maximum Gasteiger partial charge on any atom is 0.254 e. The van der Waals surface area contributed by atoms with E-state index in [0.29, 0.717) is 35.8 Å². The summed E-state index contributed by atoms with van der Waals surface area (Å²) in [6.45, 7) is 3.52. The Hall–Kier alpha value is -3.12. The lowest BCUT2D eigenvalue weighted by Crippen LogP contribution is -2.48. The van der Waals surface area contributed by atoms with E-state index in [1.807, 2.05) is 31.3 Å². The number of hydrogen-bond donors (Lipinski definition) is 0. The number of halogens is 2. The summed E-state index contributed by atoms with van der Waals surface area (Å²) >= 11 is 5.95. The van der Waals surface area contributed by atoms with Gasteiger partial charge in [0.2, 0.25) is 5.91 Å². The minimum absolute atomic E-state index is 0.0399. The Morgan fingerprint density at radius 3 is 2.59 bits per heavy atom. The van der Waals surface area contributed by atoms with Gasteiger partial charge in [-0.2, -0.15) is 0 Å². The Kier molecular flexibility index (Phi) is 6.61. The van der Waals surface area contributed by atoms with Gasteiger partial charge in [-0.05, 0) is 60.5 Å². The highest BCUT2D eigenvalue weighted by molar-refractivity contribution is 6.30. The van der Waals surface area contributed by atoms with Crippen LogP contribution in [0.25, 0.3) is 0 Å². The molecule has 0 spiro atoms. The number of fused-ring (bicyclic) bond motifs is 1. The van der Waals surface area contributed by atoms with Gasteiger partial charge in [-0.1, -0.05) is 30.7 Å². The van der Waals surface area contributed by atoms with E-state index in [9.17, 15) is 14.0 Å². The van der Waals surface area contributed by atoms with Crippen molar-refractivity contribution < 1.29 is 14.0 Å². The average molecular weight is 454 g/mol. The first kappa shape index (κ1) is 22.1. The fraction of sp³-hybridized carbons (Fsp3) is 0.280. The highest BCUT2D eigenvalue weighted by Gasteiger charge is 2.33. The van der Waals surface area contributed by atoms with Gasteiger partial charge < -0.3 is 14.4 Å². The van der Waals surface area contributed by atoms with Crippen LogP contribution in [0.4, 0.5) is 4.39 Å². The molecule has 1 aliphatic heterocycles. The summed E-state index contributed by atoms with van der Waals surface area (Å²) in [6, 6.07) is 16.5. The number of carbonyl (C=O) groups is 2. The number of aromatic nitrogens is 1. The van der Waals surface area contributed by atoms with Crippen molar-refractivity contribution in [1.82, 2.24) is 14.4 Å². The fourth-order valence-electron chi connectivity index (χ4n) is 4.23. The van der Waals surface area contributed by atoms with E-state index in [2.05, 4.69) is 4.57 Å². The summed E-state index contributed by atoms with van der Waals surface area (Å²) in [4.78, 5) is 29.9. The minimum atomic E-state index is -0.406. The van der Waals surface area contributed by atoms with Crippen LogP contribution in [0.1, 0.15) is 41.0 Å². The van der Waals surface area contributed by atoms with Crippen LogP contribution in [-0.2, 0) is 11.3 Å². The van der Waals surface area contributed by atoms with Crippen molar-refractivity contribution in [2.45, 2.75) is 25.9 Å². The SMILES string of the molecule is CCCN(CC(=O)N1CCn2cccc2[C@H]1c1cccc(F)c1)C(=O)c1ccc(Cl)cc1. The predicted octanol–water partition coefficient (Wildman–Crippen LogP) is 4.76. The number of amides is 2. The second-order valence-electron chi connectivity index (χ2n) is 7.90. The average Bonchev–Trinajstić information content (AvgIpc) is 3.27. The normalized spacial score (nSPS) is 15.3. The van der Waals surface area contributed by atoms with Crippen LogP contribution in [0.15, 0.2) is 66.9 Å². The molecule has 0 unspecified atom stereocenters. The van der Waals surface area contributed by atoms with E-state index in [1.165, 1.54) is 12.1 Å². The van der Waals surface area contributed by atoms with Crippen molar-refractivity contribution in [2.75, 3.05) is 19.6 Å². The number of nitrogens with zero attached hydrogens (tertiary/aromatic N) is 3. The molecular weight excluding hydrogens is 429 g/mol. The second kappa shape index (κ2) is 9.57. The van der Waals surface area contributed by atoms with Crippen LogP contribution >= 0.6 is 11.6 Å². The van der Waals surface area contributed by atoms with Gasteiger partial charge in [0.25, 0.3) is 5.91 Å². The highest BCUT2D eigenvalue weighted by atomic mass is 35.5. The van der Waals surface area contributed by atoms with E-state index in [1.54, 1.807) is 40.1 Å². The second-order valence-corrected chi connectivity index (χ2v) is 8.34. The predicted molar refractivity (Wildman–Crippen MR) is 122 cm³/mol. The third-order valence-corrected chi connectivity index (χ3v) is 5.97. The summed E-state index contributed by atoms with van der Waals surface area (Å²) in [5.74, 6) is -0.717. The molecule has 0 aliphatic carbocycles. The molecule has 0 saturated carbocycles. The summed E-state index contributed by atoms with van der Waals surface area (Å²) < 4.78 is 16.1. The molecule has 2 amide bonds. The van der Waals surface area contributed by atoms with Crippen LogP contribution in [0.5, 0.6) is 0 Å². The van der Waals surface area contributed by atoms with Gasteiger partial charge >= 0.3 is 0 Å². The topological polar surface area (TPSA) is 45.6 Å². The van der Waals surface area contributed by atoms with Gasteiger partial charge in [0.1, 0.15) is 12.4 Å². The zero-order valence-electron chi connectivity index (χ0n) is 17.9. The standard InChI is InChI=1S/C25H25ClFN3O2/c1-2-12-29(25(32)18-8-10-20(26)11-9-18)17-23(31)30-15-14-28-13-4-7-22(28)24(30)19-5-3-6-21(27)16-19/h3-11,13,16,24H,2,12,14-15,17H2,1H3/t24-/m1/s1. The van der Waals surface area contributed by atoms with Crippen LogP contribution in [0.2, 0.25) is 5.02 Å². The molecule has 1 aromatic heterocycles. The number of benzene rings is 2. The molecule has 0 saturated heterocycles. The maximum absolute atomic E-state index is 14.0. The first-order valence-corrected chi connectivity index (χ1v) is 11.1. The maximum atomic E-state index is 14.0. The van der Waals surface area contributed by atoms with Crippen LogP contribution in [-0.4, -0.2) is 45.8 Å². The lowest BCUT2D eigenvalue weighted by Gasteiger charge is -2.38. The number of hydrogen-bond acceptors (Lipinski definition) is 2. The molecule has 2 heterocycles. The van der Waals surface area contributed by atoms with Gasteiger partial charge in [0.15, 0.2) is 0 Å². The highest BCUT2D eigenvalue weighted by Crippen LogP contribution is 2.33. The van der Waals surface area contributed by atoms with Gasteiger partial charge in [0.05, 0.1) is 6.04 Å². The van der Waals surface area contributed by atoms with Crippen molar-refractivity contribution in [3.63, 3.8) is 0 Å². The molecule has 1 aliphatic rings. The molecule has 32 heavy (non-hydrogen) atoms. The zero-order chi connectivity index (χ0) is 22.7. The molecule has 0 fully saturated rings. The molecule has 166 valence electrons. The number of carbonyl (C=O) groups excluding carboxylic acids is 2. The van der Waals surface area contributed by atoms with Gasteiger partial charge in [-0.25, -0.2) is 4.39 Å². The summed E-state index contributed by atoms with van der Waals surface area (Å²) in [7, 11) is 0. The molecular formula is C25H25ClFN3O2. The Morgan fingerprint density at radius 2 is 1.88 bits per heavy atom. The monoisotopic (exact) mass is 453 g/mol. The molecule has 5 nitrogen and oxygen atoms in total. The van der Waals surface area contributed by atoms with Crippen molar-refractivity contribution in [2.24, 2.45) is 0 Å². The molecule has 2 aromatic carbocycles. The lowest BCUT2D eigenvalue weighted by molar-refractivity contribution is -0.134. The molecule has 0 bridgehead atoms. The number of rotatable bonds is 6. The summed E-state index contributed by atoms with van der Waals surface area (Å²) in [6.07, 6.45) is 2.69. The Morgan fingerprint density at radius 1 is 1.09 bits per heavy atom. The van der Waals surface area contributed by atoms with Gasteiger partial charge in [-0.3, -0.25) is 9.59 Å². The van der Waals surface area contributed by atoms with Gasteiger partial charge in [0, 0.05) is 42.1 Å². The molecule has 3 aromatic rings. The quantitative estimate of drug-likeness (QED) is 0.540. The third-order valence-electron chi connectivity index (χ3n) is 5.72.